The Balaban J connectivity index is 2.46. The Morgan fingerprint density at radius 3 is 2.24 bits per heavy atom. The lowest BCUT2D eigenvalue weighted by molar-refractivity contribution is -0.308. The zero-order valence-corrected chi connectivity index (χ0v) is 12.7. The number of aliphatic hydroxyl groups excluding tert-OH is 2. The first-order chi connectivity index (χ1) is 9.58. The molecule has 5 atom stereocenters. The highest BCUT2D eigenvalue weighted by atomic mass is 32.2. The molecule has 9 nitrogen and oxygen atoms in total. The molecule has 0 bridgehead atoms. The first kappa shape index (κ1) is 17.0. The van der Waals surface area contributed by atoms with Gasteiger partial charge in [0.15, 0.2) is 11.9 Å². The first-order valence-corrected chi connectivity index (χ1v) is 7.95. The molecule has 10 heteroatoms. The Morgan fingerprint density at radius 1 is 1.19 bits per heavy atom. The summed E-state index contributed by atoms with van der Waals surface area (Å²) < 4.78 is 54.0. The summed E-state index contributed by atoms with van der Waals surface area (Å²) in [5.74, 6) is -1.10. The van der Waals surface area contributed by atoms with Crippen molar-refractivity contribution >= 4 is 10.1 Å². The smallest absolute Gasteiger partial charge is 0.329 e. The number of aliphatic hydroxyl groups is 2. The van der Waals surface area contributed by atoms with Gasteiger partial charge in [0.05, 0.1) is 6.61 Å². The van der Waals surface area contributed by atoms with Crippen molar-refractivity contribution in [3.8, 4) is 0 Å². The average molecular weight is 328 g/mol. The van der Waals surface area contributed by atoms with E-state index in [1.54, 1.807) is 13.8 Å². The summed E-state index contributed by atoms with van der Waals surface area (Å²) in [6.07, 6.45) is -5.02. The minimum Gasteiger partial charge on any atom is -0.394 e. The lowest BCUT2D eigenvalue weighted by atomic mass is 9.99. The Morgan fingerprint density at radius 2 is 1.76 bits per heavy atom. The molecular weight excluding hydrogens is 308 g/mol. The zero-order valence-electron chi connectivity index (χ0n) is 11.9. The highest BCUT2D eigenvalue weighted by molar-refractivity contribution is 7.87. The Hall–Kier alpha value is -0.330. The van der Waals surface area contributed by atoms with E-state index in [4.69, 9.17) is 18.9 Å². The fourth-order valence-electron chi connectivity index (χ4n) is 2.65. The fraction of sp³-hybridized carbons (Fsp3) is 1.00. The normalized spacial score (nSPS) is 42.8. The monoisotopic (exact) mass is 328 g/mol. The molecule has 0 amide bonds. The van der Waals surface area contributed by atoms with Gasteiger partial charge in [-0.05, 0) is 20.8 Å². The van der Waals surface area contributed by atoms with Gasteiger partial charge in [-0.15, -0.1) is 0 Å². The van der Waals surface area contributed by atoms with Gasteiger partial charge in [0.2, 0.25) is 0 Å². The third kappa shape index (κ3) is 2.70. The third-order valence-electron chi connectivity index (χ3n) is 3.40. The number of ether oxygens (including phenoxy) is 4. The molecule has 2 saturated heterocycles. The standard InChI is InChI=1S/C11H20O9S/c1-4-17-11(21(14,15)16)9(13)8-7(6(5-12)18-11)19-10(2,3)20-8/h6-9,12-13H,4-5H2,1-3H3,(H,14,15,16)/t6-,7+,8+,9-,11+/m1/s1. The van der Waals surface area contributed by atoms with Crippen LogP contribution in [-0.4, -0.2) is 71.7 Å². The summed E-state index contributed by atoms with van der Waals surface area (Å²) in [5.41, 5.74) is 0. The van der Waals surface area contributed by atoms with Crippen LogP contribution in [0.5, 0.6) is 0 Å². The Bertz CT molecular complexity index is 490. The molecule has 0 aromatic rings. The summed E-state index contributed by atoms with van der Waals surface area (Å²) in [6, 6.07) is 0. The van der Waals surface area contributed by atoms with Gasteiger partial charge in [0, 0.05) is 6.61 Å². The van der Waals surface area contributed by atoms with Crippen LogP contribution in [-0.2, 0) is 29.1 Å². The van der Waals surface area contributed by atoms with Crippen molar-refractivity contribution in [2.45, 2.75) is 56.1 Å². The molecule has 2 aliphatic heterocycles. The maximum atomic E-state index is 11.7. The highest BCUT2D eigenvalue weighted by Crippen LogP contribution is 2.43. The SMILES string of the molecule is CCO[C@]1(S(=O)(=O)O)O[C@H](CO)[C@@H]2OC(C)(C)O[C@@H]2[C@H]1O. The lowest BCUT2D eigenvalue weighted by Gasteiger charge is -2.45. The van der Waals surface area contributed by atoms with Crippen LogP contribution in [0.2, 0.25) is 0 Å². The molecule has 0 spiro atoms. The Labute approximate surface area is 122 Å². The van der Waals surface area contributed by atoms with Crippen LogP contribution in [0, 0.1) is 0 Å². The molecule has 2 aliphatic rings. The van der Waals surface area contributed by atoms with Crippen molar-refractivity contribution in [3.05, 3.63) is 0 Å². The van der Waals surface area contributed by atoms with Crippen molar-refractivity contribution in [3.63, 3.8) is 0 Å². The summed E-state index contributed by atoms with van der Waals surface area (Å²) in [5, 5.41) is 17.0. The van der Waals surface area contributed by atoms with E-state index in [0.717, 1.165) is 0 Å². The van der Waals surface area contributed by atoms with E-state index in [9.17, 15) is 23.2 Å². The van der Waals surface area contributed by atoms with Gasteiger partial charge in [0.1, 0.15) is 18.3 Å². The minimum atomic E-state index is -4.96. The van der Waals surface area contributed by atoms with Crippen LogP contribution in [0.25, 0.3) is 0 Å². The molecule has 124 valence electrons. The summed E-state index contributed by atoms with van der Waals surface area (Å²) in [4.78, 5) is 0. The summed E-state index contributed by atoms with van der Waals surface area (Å²) in [6.45, 7) is 3.86. The van der Waals surface area contributed by atoms with Crippen LogP contribution < -0.4 is 0 Å². The van der Waals surface area contributed by atoms with E-state index in [-0.39, 0.29) is 6.61 Å². The second-order valence-electron chi connectivity index (χ2n) is 5.36. The summed E-state index contributed by atoms with van der Waals surface area (Å²) in [7, 11) is -4.96. The van der Waals surface area contributed by atoms with Crippen LogP contribution in [0.4, 0.5) is 0 Å². The molecule has 0 aromatic carbocycles. The Kier molecular flexibility index (Phi) is 4.37. The van der Waals surface area contributed by atoms with E-state index in [1.165, 1.54) is 6.92 Å². The van der Waals surface area contributed by atoms with E-state index >= 15 is 0 Å². The predicted molar refractivity (Wildman–Crippen MR) is 67.7 cm³/mol. The first-order valence-electron chi connectivity index (χ1n) is 6.51. The minimum absolute atomic E-state index is 0.156. The number of hydrogen-bond acceptors (Lipinski definition) is 8. The number of fused-ring (bicyclic) bond motifs is 1. The van der Waals surface area contributed by atoms with Gasteiger partial charge >= 0.3 is 15.2 Å². The van der Waals surface area contributed by atoms with Crippen molar-refractivity contribution in [1.29, 1.82) is 0 Å². The van der Waals surface area contributed by atoms with Gasteiger partial charge < -0.3 is 29.2 Å². The van der Waals surface area contributed by atoms with Gasteiger partial charge in [-0.1, -0.05) is 0 Å². The van der Waals surface area contributed by atoms with E-state index in [2.05, 4.69) is 0 Å². The van der Waals surface area contributed by atoms with E-state index in [0.29, 0.717) is 0 Å². The third-order valence-corrected chi connectivity index (χ3v) is 4.58. The second kappa shape index (κ2) is 5.39. The van der Waals surface area contributed by atoms with Crippen LogP contribution in [0.1, 0.15) is 20.8 Å². The molecule has 0 radical (unpaired) electrons. The molecule has 3 N–H and O–H groups in total. The topological polar surface area (TPSA) is 132 Å². The van der Waals surface area contributed by atoms with Crippen LogP contribution in [0.3, 0.4) is 0 Å². The highest BCUT2D eigenvalue weighted by Gasteiger charge is 2.66. The molecule has 2 heterocycles. The van der Waals surface area contributed by atoms with Gasteiger partial charge in [-0.2, -0.15) is 8.42 Å². The molecule has 0 aliphatic carbocycles. The maximum Gasteiger partial charge on any atom is 0.329 e. The fourth-order valence-corrected chi connectivity index (χ4v) is 3.60. The van der Waals surface area contributed by atoms with E-state index < -0.39 is 52.0 Å². The number of rotatable bonds is 4. The van der Waals surface area contributed by atoms with Crippen molar-refractivity contribution in [2.24, 2.45) is 0 Å². The van der Waals surface area contributed by atoms with Gasteiger partial charge in [-0.3, -0.25) is 4.55 Å². The number of hydrogen-bond donors (Lipinski definition) is 3. The van der Waals surface area contributed by atoms with Gasteiger partial charge in [0.25, 0.3) is 0 Å². The van der Waals surface area contributed by atoms with Gasteiger partial charge in [-0.25, -0.2) is 0 Å². The lowest BCUT2D eigenvalue weighted by Crippen LogP contribution is -2.68. The molecule has 0 saturated carbocycles. The molecular formula is C11H20O9S. The van der Waals surface area contributed by atoms with Crippen molar-refractivity contribution < 1.29 is 42.1 Å². The van der Waals surface area contributed by atoms with E-state index in [1.807, 2.05) is 0 Å². The van der Waals surface area contributed by atoms with Crippen molar-refractivity contribution in [1.82, 2.24) is 0 Å². The predicted octanol–water partition coefficient (Wildman–Crippen LogP) is -1.16. The summed E-state index contributed by atoms with van der Waals surface area (Å²) >= 11 is 0. The van der Waals surface area contributed by atoms with Crippen molar-refractivity contribution in [2.75, 3.05) is 13.2 Å². The van der Waals surface area contributed by atoms with Crippen LogP contribution >= 0.6 is 0 Å². The quantitative estimate of drug-likeness (QED) is 0.546. The average Bonchev–Trinajstić information content (AvgIpc) is 2.67. The maximum absolute atomic E-state index is 11.7. The molecule has 2 rings (SSSR count). The largest absolute Gasteiger partial charge is 0.394 e. The molecule has 0 aromatic heterocycles. The van der Waals surface area contributed by atoms with Crippen LogP contribution in [0.15, 0.2) is 0 Å². The molecule has 0 unspecified atom stereocenters. The second-order valence-corrected chi connectivity index (χ2v) is 6.88. The zero-order chi connectivity index (χ0) is 16.1. The molecule has 21 heavy (non-hydrogen) atoms. The molecule has 2 fully saturated rings.